The van der Waals surface area contributed by atoms with E-state index in [9.17, 15) is 9.18 Å². The third-order valence-electron chi connectivity index (χ3n) is 12.8. The Kier molecular flexibility index (Phi) is 9.85. The van der Waals surface area contributed by atoms with E-state index >= 15 is 0 Å². The Bertz CT molecular complexity index is 1520. The molecular weight excluding hydrogens is 661 g/mol. The number of nitrogens with one attached hydrogen (secondary N) is 1. The minimum Gasteiger partial charge on any atom is -0.490 e. The standard InChI is InChI=1S/C39H51ClFN3O4S/c1-24-5-3-7-33(38-46-20-31(21-47-38)43-18-30(41)19-43)32-11-8-28(32)17-44-22-39(14-4-6-26-15-29(40)10-12-34(26)39)23-48-36-13-9-27(16-35(36)44)37(45)42-49-25(24)2/h9-10,12-13,15-16,24-25,28,30-33,38H,3-8,11,14,17-23H2,1-2H3,(H,42,45)/t24-,25+,28-,31?,32+,33+,38?,39-/m0/s1. The zero-order chi connectivity index (χ0) is 33.7. The van der Waals surface area contributed by atoms with Crippen molar-refractivity contribution in [1.29, 1.82) is 0 Å². The van der Waals surface area contributed by atoms with Gasteiger partial charge >= 0.3 is 0 Å². The van der Waals surface area contributed by atoms with Crippen molar-refractivity contribution in [2.24, 2.45) is 23.7 Å². The predicted molar refractivity (Wildman–Crippen MR) is 193 cm³/mol. The van der Waals surface area contributed by atoms with Gasteiger partial charge in [-0.25, -0.2) is 4.39 Å². The molecule has 1 saturated carbocycles. The van der Waals surface area contributed by atoms with Crippen LogP contribution in [0.1, 0.15) is 80.3 Å². The quantitative estimate of drug-likeness (QED) is 0.325. The molecule has 1 spiro atoms. The zero-order valence-electron chi connectivity index (χ0n) is 28.9. The number of ether oxygens (including phenoxy) is 3. The number of hydrogen-bond donors (Lipinski definition) is 1. The average Bonchev–Trinajstić information content (AvgIpc) is 3.23. The van der Waals surface area contributed by atoms with E-state index in [0.29, 0.717) is 62.1 Å². The van der Waals surface area contributed by atoms with E-state index in [1.54, 1.807) is 0 Å². The molecule has 4 heterocycles. The predicted octanol–water partition coefficient (Wildman–Crippen LogP) is 7.44. The van der Waals surface area contributed by atoms with Crippen LogP contribution in [0.4, 0.5) is 10.1 Å². The first-order valence-corrected chi connectivity index (χ1v) is 19.9. The van der Waals surface area contributed by atoms with Gasteiger partial charge in [0.1, 0.15) is 11.9 Å². The number of amides is 1. The number of carbonyl (C=O) groups excluding carboxylic acids is 1. The molecule has 2 aliphatic carbocycles. The van der Waals surface area contributed by atoms with Gasteiger partial charge in [0.2, 0.25) is 0 Å². The van der Waals surface area contributed by atoms with Crippen LogP contribution >= 0.6 is 23.5 Å². The van der Waals surface area contributed by atoms with Gasteiger partial charge in [-0.15, -0.1) is 0 Å². The largest absolute Gasteiger partial charge is 0.490 e. The number of halogens is 2. The lowest BCUT2D eigenvalue weighted by Gasteiger charge is -2.50. The smallest absolute Gasteiger partial charge is 0.261 e. The number of hydrogen-bond acceptors (Lipinski definition) is 7. The van der Waals surface area contributed by atoms with Crippen molar-refractivity contribution < 1.29 is 23.4 Å². The molecule has 2 aromatic carbocycles. The SMILES string of the molecule is C[C@H]1CCC[C@@H](C2OCC(N3CC(F)C3)CO2)[C@@H]2CC[C@H]2CN2C[C@@]3(CCCc4cc(Cl)ccc43)COc3ccc(cc32)C(=O)NS[C@@H]1C. The molecule has 6 aliphatic rings. The topological polar surface area (TPSA) is 63.3 Å². The van der Waals surface area contributed by atoms with Crippen LogP contribution < -0.4 is 14.4 Å². The number of rotatable bonds is 2. The number of nitrogens with zero attached hydrogens (tertiary/aromatic N) is 2. The van der Waals surface area contributed by atoms with Crippen molar-refractivity contribution in [3.8, 4) is 5.75 Å². The monoisotopic (exact) mass is 711 g/mol. The Morgan fingerprint density at radius 1 is 0.980 bits per heavy atom. The summed E-state index contributed by atoms with van der Waals surface area (Å²) in [6.07, 6.45) is 7.82. The average molecular weight is 712 g/mol. The maximum atomic E-state index is 13.6. The van der Waals surface area contributed by atoms with Gasteiger partial charge in [-0.3, -0.25) is 14.4 Å². The number of benzene rings is 2. The second-order valence-electron chi connectivity index (χ2n) is 15.9. The van der Waals surface area contributed by atoms with Crippen molar-refractivity contribution in [1.82, 2.24) is 9.62 Å². The molecule has 2 saturated heterocycles. The second kappa shape index (κ2) is 14.2. The Morgan fingerprint density at radius 2 is 1.82 bits per heavy atom. The summed E-state index contributed by atoms with van der Waals surface area (Å²) in [7, 11) is 0. The first kappa shape index (κ1) is 34.1. The first-order valence-electron chi connectivity index (χ1n) is 18.6. The Balaban J connectivity index is 1.11. The van der Waals surface area contributed by atoms with E-state index < -0.39 is 6.17 Å². The number of likely N-dealkylation sites (tertiary alicyclic amines) is 1. The molecule has 266 valence electrons. The van der Waals surface area contributed by atoms with E-state index in [4.69, 9.17) is 25.8 Å². The van der Waals surface area contributed by atoms with Crippen molar-refractivity contribution in [3.63, 3.8) is 0 Å². The number of anilines is 1. The van der Waals surface area contributed by atoms with Crippen molar-refractivity contribution in [2.45, 2.75) is 94.4 Å². The van der Waals surface area contributed by atoms with Gasteiger partial charge in [0.15, 0.2) is 6.29 Å². The summed E-state index contributed by atoms with van der Waals surface area (Å²) in [4.78, 5) is 18.2. The minimum atomic E-state index is -0.720. The lowest BCUT2D eigenvalue weighted by atomic mass is 9.64. The maximum absolute atomic E-state index is 13.6. The molecule has 6 atom stereocenters. The fourth-order valence-electron chi connectivity index (χ4n) is 9.43. The zero-order valence-corrected chi connectivity index (χ0v) is 30.5. The molecule has 49 heavy (non-hydrogen) atoms. The van der Waals surface area contributed by atoms with Crippen LogP contribution in [0.15, 0.2) is 36.4 Å². The van der Waals surface area contributed by atoms with Gasteiger partial charge in [0, 0.05) is 53.3 Å². The lowest BCUT2D eigenvalue weighted by molar-refractivity contribution is -0.249. The third kappa shape index (κ3) is 6.84. The highest BCUT2D eigenvalue weighted by atomic mass is 35.5. The Morgan fingerprint density at radius 3 is 2.59 bits per heavy atom. The molecule has 4 aliphatic heterocycles. The molecule has 8 rings (SSSR count). The van der Waals surface area contributed by atoms with Crippen molar-refractivity contribution in [3.05, 3.63) is 58.1 Å². The third-order valence-corrected chi connectivity index (χ3v) is 14.1. The summed E-state index contributed by atoms with van der Waals surface area (Å²) in [5, 5.41) is 1.07. The molecule has 10 heteroatoms. The summed E-state index contributed by atoms with van der Waals surface area (Å²) in [6.45, 7) is 9.05. The van der Waals surface area contributed by atoms with Crippen LogP contribution in [0.25, 0.3) is 0 Å². The van der Waals surface area contributed by atoms with E-state index in [1.807, 2.05) is 18.2 Å². The molecule has 3 fully saturated rings. The molecule has 2 bridgehead atoms. The van der Waals surface area contributed by atoms with Crippen LogP contribution in [0, 0.1) is 23.7 Å². The van der Waals surface area contributed by atoms with Crippen LogP contribution in [0.2, 0.25) is 5.02 Å². The summed E-state index contributed by atoms with van der Waals surface area (Å²) < 4.78 is 36.6. The van der Waals surface area contributed by atoms with Crippen LogP contribution in [-0.4, -0.2) is 80.6 Å². The van der Waals surface area contributed by atoms with E-state index in [1.165, 1.54) is 29.5 Å². The normalized spacial score (nSPS) is 36.0. The molecule has 7 nitrogen and oxygen atoms in total. The van der Waals surface area contributed by atoms with Crippen molar-refractivity contribution in [2.75, 3.05) is 50.9 Å². The number of carbonyl (C=O) groups is 1. The molecule has 1 amide bonds. The summed E-state index contributed by atoms with van der Waals surface area (Å²) >= 11 is 8.03. The first-order chi connectivity index (χ1) is 23.8. The molecule has 1 N–H and O–H groups in total. The molecule has 0 radical (unpaired) electrons. The summed E-state index contributed by atoms with van der Waals surface area (Å²) in [5.41, 5.74) is 4.19. The van der Waals surface area contributed by atoms with E-state index in [-0.39, 0.29) is 28.9 Å². The molecular formula is C39H51ClFN3O4S. The van der Waals surface area contributed by atoms with Gasteiger partial charge in [-0.1, -0.05) is 37.9 Å². The minimum absolute atomic E-state index is 0.0535. The maximum Gasteiger partial charge on any atom is 0.261 e. The summed E-state index contributed by atoms with van der Waals surface area (Å²) in [5.74, 6) is 2.53. The van der Waals surface area contributed by atoms with Gasteiger partial charge in [-0.05, 0) is 116 Å². The molecule has 2 aromatic rings. The fourth-order valence-corrected chi connectivity index (χ4v) is 10.4. The number of aryl methyl sites for hydroxylation is 1. The van der Waals surface area contributed by atoms with Gasteiger partial charge in [0.05, 0.1) is 31.5 Å². The highest BCUT2D eigenvalue weighted by Crippen LogP contribution is 2.49. The number of alkyl halides is 1. The van der Waals surface area contributed by atoms with Gasteiger partial charge < -0.3 is 19.1 Å². The van der Waals surface area contributed by atoms with E-state index in [2.05, 4.69) is 46.6 Å². The Labute approximate surface area is 300 Å². The van der Waals surface area contributed by atoms with Crippen LogP contribution in [0.5, 0.6) is 5.75 Å². The van der Waals surface area contributed by atoms with Gasteiger partial charge in [-0.2, -0.15) is 0 Å². The van der Waals surface area contributed by atoms with Crippen molar-refractivity contribution >= 4 is 35.1 Å². The second-order valence-corrected chi connectivity index (χ2v) is 17.5. The highest BCUT2D eigenvalue weighted by molar-refractivity contribution is 7.98. The number of fused-ring (bicyclic) bond motifs is 4. The Hall–Kier alpha value is -2.04. The summed E-state index contributed by atoms with van der Waals surface area (Å²) in [6, 6.07) is 12.5. The molecule has 0 aromatic heterocycles. The van der Waals surface area contributed by atoms with E-state index in [0.717, 1.165) is 74.5 Å². The highest BCUT2D eigenvalue weighted by Gasteiger charge is 2.47. The fraction of sp³-hybridized carbons (Fsp3) is 0.667. The van der Waals surface area contributed by atoms with Crippen LogP contribution in [-0.2, 0) is 21.3 Å². The van der Waals surface area contributed by atoms with Crippen LogP contribution in [0.3, 0.4) is 0 Å². The van der Waals surface area contributed by atoms with Gasteiger partial charge in [0.25, 0.3) is 5.91 Å². The lowest BCUT2D eigenvalue weighted by Crippen LogP contribution is -2.59. The molecule has 0 unspecified atom stereocenters.